The summed E-state index contributed by atoms with van der Waals surface area (Å²) < 4.78 is 10.6. The van der Waals surface area contributed by atoms with Gasteiger partial charge in [-0.2, -0.15) is 0 Å². The highest BCUT2D eigenvalue weighted by atomic mass is 16.5. The lowest BCUT2D eigenvalue weighted by atomic mass is 9.79. The maximum atomic E-state index is 12.4. The average Bonchev–Trinajstić information content (AvgIpc) is 3.00. The van der Waals surface area contributed by atoms with Gasteiger partial charge in [-0.25, -0.2) is 0 Å². The van der Waals surface area contributed by atoms with Crippen LogP contribution in [0.25, 0.3) is 0 Å². The molecule has 2 atom stereocenters. The Hall–Kier alpha value is -1.10. The summed E-state index contributed by atoms with van der Waals surface area (Å²) in [7, 11) is 0. The lowest BCUT2D eigenvalue weighted by molar-refractivity contribution is -0.155. The van der Waals surface area contributed by atoms with Gasteiger partial charge in [-0.05, 0) is 38.5 Å². The van der Waals surface area contributed by atoms with Crippen LogP contribution < -0.4 is 5.32 Å². The van der Waals surface area contributed by atoms with Gasteiger partial charge < -0.3 is 14.8 Å². The molecule has 0 radical (unpaired) electrons. The van der Waals surface area contributed by atoms with Crippen molar-refractivity contribution in [2.45, 2.75) is 58.0 Å². The highest BCUT2D eigenvalue weighted by Gasteiger charge is 2.36. The lowest BCUT2D eigenvalue weighted by Gasteiger charge is -2.28. The third-order valence-corrected chi connectivity index (χ3v) is 4.47. The van der Waals surface area contributed by atoms with E-state index in [4.69, 9.17) is 9.47 Å². The standard InChI is InChI=1S/C16H27NO4/c1-2-20-16(19)14(12-7-4-3-5-8-12)15(18)17-11-13-9-6-10-21-13/h12-14H,2-11H2,1H3,(H,17,18)/t13-,14-/m0/s1. The number of amides is 1. The molecule has 2 aliphatic rings. The van der Waals surface area contributed by atoms with Crippen molar-refractivity contribution in [2.24, 2.45) is 11.8 Å². The highest BCUT2D eigenvalue weighted by Crippen LogP contribution is 2.31. The van der Waals surface area contributed by atoms with Crippen LogP contribution in [-0.4, -0.2) is 37.7 Å². The van der Waals surface area contributed by atoms with Gasteiger partial charge in [0.05, 0.1) is 12.7 Å². The second-order valence-electron chi connectivity index (χ2n) is 6.01. The number of esters is 1. The molecule has 2 fully saturated rings. The summed E-state index contributed by atoms with van der Waals surface area (Å²) in [6.07, 6.45) is 7.40. The second-order valence-corrected chi connectivity index (χ2v) is 6.01. The number of ether oxygens (including phenoxy) is 2. The van der Waals surface area contributed by atoms with Gasteiger partial charge in [0.1, 0.15) is 5.92 Å². The van der Waals surface area contributed by atoms with E-state index in [9.17, 15) is 9.59 Å². The van der Waals surface area contributed by atoms with Gasteiger partial charge >= 0.3 is 5.97 Å². The average molecular weight is 297 g/mol. The molecule has 1 amide bonds. The number of hydrogen-bond acceptors (Lipinski definition) is 4. The Morgan fingerprint density at radius 3 is 2.57 bits per heavy atom. The summed E-state index contributed by atoms with van der Waals surface area (Å²) in [5, 5.41) is 2.90. The molecule has 5 nitrogen and oxygen atoms in total. The van der Waals surface area contributed by atoms with E-state index in [0.29, 0.717) is 13.2 Å². The van der Waals surface area contributed by atoms with Crippen LogP contribution in [0.1, 0.15) is 51.9 Å². The third-order valence-electron chi connectivity index (χ3n) is 4.47. The van der Waals surface area contributed by atoms with Crippen LogP contribution in [0.15, 0.2) is 0 Å². The minimum absolute atomic E-state index is 0.100. The fourth-order valence-corrected chi connectivity index (χ4v) is 3.34. The Balaban J connectivity index is 1.92. The first-order valence-electron chi connectivity index (χ1n) is 8.28. The molecule has 0 aromatic rings. The van der Waals surface area contributed by atoms with Crippen molar-refractivity contribution in [1.29, 1.82) is 0 Å². The summed E-state index contributed by atoms with van der Waals surface area (Å²) in [5.41, 5.74) is 0. The van der Waals surface area contributed by atoms with Crippen molar-refractivity contribution < 1.29 is 19.1 Å². The molecule has 1 saturated heterocycles. The quantitative estimate of drug-likeness (QED) is 0.602. The zero-order valence-corrected chi connectivity index (χ0v) is 12.9. The van der Waals surface area contributed by atoms with Gasteiger partial charge in [0, 0.05) is 13.2 Å². The van der Waals surface area contributed by atoms with Crippen molar-refractivity contribution in [3.63, 3.8) is 0 Å². The van der Waals surface area contributed by atoms with E-state index < -0.39 is 5.92 Å². The number of nitrogens with one attached hydrogen (secondary N) is 1. The summed E-state index contributed by atoms with van der Waals surface area (Å²) in [6.45, 7) is 3.37. The molecule has 0 spiro atoms. The van der Waals surface area contributed by atoms with E-state index in [2.05, 4.69) is 5.32 Å². The summed E-state index contributed by atoms with van der Waals surface area (Å²) in [6, 6.07) is 0. The predicted octanol–water partition coefficient (Wildman–Crippen LogP) is 2.04. The fourth-order valence-electron chi connectivity index (χ4n) is 3.34. The van der Waals surface area contributed by atoms with Crippen LogP contribution >= 0.6 is 0 Å². The Bertz CT molecular complexity index is 346. The molecule has 1 aliphatic heterocycles. The molecule has 5 heteroatoms. The molecule has 0 unspecified atom stereocenters. The van der Waals surface area contributed by atoms with Crippen LogP contribution in [0.4, 0.5) is 0 Å². The molecule has 0 bridgehead atoms. The van der Waals surface area contributed by atoms with Crippen molar-refractivity contribution in [1.82, 2.24) is 5.32 Å². The Morgan fingerprint density at radius 2 is 1.95 bits per heavy atom. The van der Waals surface area contributed by atoms with Gasteiger partial charge in [0.15, 0.2) is 0 Å². The number of carbonyl (C=O) groups is 2. The van der Waals surface area contributed by atoms with E-state index in [-0.39, 0.29) is 23.9 Å². The molecule has 1 heterocycles. The van der Waals surface area contributed by atoms with Crippen LogP contribution in [0.5, 0.6) is 0 Å². The molecule has 120 valence electrons. The smallest absolute Gasteiger partial charge is 0.318 e. The zero-order chi connectivity index (χ0) is 15.1. The van der Waals surface area contributed by atoms with Crippen LogP contribution in [-0.2, 0) is 19.1 Å². The first-order chi connectivity index (χ1) is 10.2. The molecule has 1 aliphatic carbocycles. The summed E-state index contributed by atoms with van der Waals surface area (Å²) in [5.74, 6) is -1.07. The minimum Gasteiger partial charge on any atom is -0.465 e. The van der Waals surface area contributed by atoms with Crippen molar-refractivity contribution in [3.05, 3.63) is 0 Å². The number of hydrogen-bond donors (Lipinski definition) is 1. The molecule has 1 N–H and O–H groups in total. The Kier molecular flexibility index (Phi) is 6.49. The van der Waals surface area contributed by atoms with Crippen molar-refractivity contribution in [3.8, 4) is 0 Å². The zero-order valence-electron chi connectivity index (χ0n) is 12.9. The molecule has 0 aromatic heterocycles. The van der Waals surface area contributed by atoms with E-state index >= 15 is 0 Å². The largest absolute Gasteiger partial charge is 0.465 e. The SMILES string of the molecule is CCOC(=O)[C@H](C(=O)NC[C@@H]1CCCO1)C1CCCCC1. The monoisotopic (exact) mass is 297 g/mol. The number of rotatable bonds is 6. The van der Waals surface area contributed by atoms with Crippen LogP contribution in [0.3, 0.4) is 0 Å². The number of carbonyl (C=O) groups excluding carboxylic acids is 2. The molecule has 0 aromatic carbocycles. The van der Waals surface area contributed by atoms with Crippen LogP contribution in [0.2, 0.25) is 0 Å². The van der Waals surface area contributed by atoms with Gasteiger partial charge in [-0.3, -0.25) is 9.59 Å². The maximum absolute atomic E-state index is 12.4. The van der Waals surface area contributed by atoms with Gasteiger partial charge in [-0.1, -0.05) is 19.3 Å². The lowest BCUT2D eigenvalue weighted by Crippen LogP contribution is -2.43. The summed E-state index contributed by atoms with van der Waals surface area (Å²) >= 11 is 0. The normalized spacial score (nSPS) is 24.5. The van der Waals surface area contributed by atoms with E-state index in [1.54, 1.807) is 6.92 Å². The second kappa shape index (κ2) is 8.37. The molecule has 21 heavy (non-hydrogen) atoms. The molecule has 2 rings (SSSR count). The first-order valence-corrected chi connectivity index (χ1v) is 8.28. The highest BCUT2D eigenvalue weighted by molar-refractivity contribution is 5.98. The van der Waals surface area contributed by atoms with E-state index in [0.717, 1.165) is 45.1 Å². The molecular formula is C16H27NO4. The van der Waals surface area contributed by atoms with Gasteiger partial charge in [0.25, 0.3) is 0 Å². The fraction of sp³-hybridized carbons (Fsp3) is 0.875. The Labute approximate surface area is 126 Å². The topological polar surface area (TPSA) is 64.6 Å². The predicted molar refractivity (Wildman–Crippen MR) is 78.7 cm³/mol. The van der Waals surface area contributed by atoms with Gasteiger partial charge in [0.2, 0.25) is 5.91 Å². The summed E-state index contributed by atoms with van der Waals surface area (Å²) in [4.78, 5) is 24.6. The molecular weight excluding hydrogens is 270 g/mol. The van der Waals surface area contributed by atoms with Crippen molar-refractivity contribution in [2.75, 3.05) is 19.8 Å². The maximum Gasteiger partial charge on any atom is 0.318 e. The first kappa shape index (κ1) is 16.3. The van der Waals surface area contributed by atoms with Crippen LogP contribution in [0, 0.1) is 11.8 Å². The minimum atomic E-state index is -0.647. The van der Waals surface area contributed by atoms with E-state index in [1.165, 1.54) is 6.42 Å². The molecule has 1 saturated carbocycles. The van der Waals surface area contributed by atoms with Crippen molar-refractivity contribution >= 4 is 11.9 Å². The third kappa shape index (κ3) is 4.70. The van der Waals surface area contributed by atoms with Gasteiger partial charge in [-0.15, -0.1) is 0 Å². The van der Waals surface area contributed by atoms with E-state index in [1.807, 2.05) is 0 Å². The Morgan fingerprint density at radius 1 is 1.19 bits per heavy atom.